The average Bonchev–Trinajstić information content (AvgIpc) is 2.97. The lowest BCUT2D eigenvalue weighted by molar-refractivity contribution is -0.136. The number of amides is 2. The molecular formula is C18H24ClN3O3. The van der Waals surface area contributed by atoms with E-state index in [1.807, 2.05) is 17.0 Å². The van der Waals surface area contributed by atoms with Crippen LogP contribution in [-0.2, 0) is 9.59 Å². The lowest BCUT2D eigenvalue weighted by Crippen LogP contribution is -2.53. The first-order valence-electron chi connectivity index (χ1n) is 8.72. The first-order valence-corrected chi connectivity index (χ1v) is 9.09. The average molecular weight is 366 g/mol. The molecule has 136 valence electrons. The summed E-state index contributed by atoms with van der Waals surface area (Å²) in [5.41, 5.74) is 0. The number of likely N-dealkylation sites (tertiary alicyclic amines) is 1. The van der Waals surface area contributed by atoms with E-state index in [4.69, 9.17) is 16.3 Å². The van der Waals surface area contributed by atoms with E-state index >= 15 is 0 Å². The second-order valence-electron chi connectivity index (χ2n) is 6.66. The number of ether oxygens (including phenoxy) is 1. The second-order valence-corrected chi connectivity index (χ2v) is 7.07. The topological polar surface area (TPSA) is 61.9 Å². The fourth-order valence-corrected chi connectivity index (χ4v) is 3.56. The molecule has 1 N–H and O–H groups in total. The van der Waals surface area contributed by atoms with Gasteiger partial charge in [0.05, 0.1) is 17.5 Å². The van der Waals surface area contributed by atoms with Gasteiger partial charge in [0.2, 0.25) is 11.8 Å². The summed E-state index contributed by atoms with van der Waals surface area (Å²) < 4.78 is 5.64. The molecule has 0 saturated carbocycles. The zero-order valence-corrected chi connectivity index (χ0v) is 15.2. The fourth-order valence-electron chi connectivity index (χ4n) is 3.37. The monoisotopic (exact) mass is 365 g/mol. The maximum atomic E-state index is 12.6. The summed E-state index contributed by atoms with van der Waals surface area (Å²) in [5, 5.41) is 3.88. The molecule has 2 aliphatic rings. The van der Waals surface area contributed by atoms with E-state index in [1.54, 1.807) is 17.0 Å². The van der Waals surface area contributed by atoms with Gasteiger partial charge in [-0.1, -0.05) is 23.7 Å². The molecule has 2 heterocycles. The number of para-hydroxylation sites is 1. The summed E-state index contributed by atoms with van der Waals surface area (Å²) in [6.07, 6.45) is 0.295. The van der Waals surface area contributed by atoms with Gasteiger partial charge in [0.25, 0.3) is 0 Å². The third kappa shape index (κ3) is 4.44. The molecule has 1 aromatic rings. The third-order valence-corrected chi connectivity index (χ3v) is 5.01. The maximum absolute atomic E-state index is 12.6. The number of nitrogens with one attached hydrogen (secondary N) is 1. The Morgan fingerprint density at radius 3 is 2.92 bits per heavy atom. The van der Waals surface area contributed by atoms with Crippen LogP contribution in [0.4, 0.5) is 0 Å². The zero-order valence-electron chi connectivity index (χ0n) is 14.4. The van der Waals surface area contributed by atoms with Gasteiger partial charge in [0.1, 0.15) is 12.4 Å². The van der Waals surface area contributed by atoms with E-state index in [1.165, 1.54) is 0 Å². The normalized spacial score (nSPS) is 23.8. The van der Waals surface area contributed by atoms with E-state index in [0.29, 0.717) is 56.0 Å². The second kappa shape index (κ2) is 8.06. The molecule has 6 nitrogen and oxygen atoms in total. The highest BCUT2D eigenvalue weighted by Crippen LogP contribution is 2.24. The molecule has 1 aromatic carbocycles. The minimum absolute atomic E-state index is 0.0179. The van der Waals surface area contributed by atoms with Gasteiger partial charge in [-0.3, -0.25) is 9.59 Å². The fraction of sp³-hybridized carbons (Fsp3) is 0.556. The van der Waals surface area contributed by atoms with Gasteiger partial charge >= 0.3 is 0 Å². The molecule has 0 spiro atoms. The predicted octanol–water partition coefficient (Wildman–Crippen LogP) is 1.39. The molecular weight excluding hydrogens is 342 g/mol. The lowest BCUT2D eigenvalue weighted by Gasteiger charge is -2.33. The van der Waals surface area contributed by atoms with Crippen LogP contribution < -0.4 is 10.1 Å². The number of benzene rings is 1. The van der Waals surface area contributed by atoms with Gasteiger partial charge in [0, 0.05) is 38.6 Å². The number of carbonyl (C=O) groups is 2. The van der Waals surface area contributed by atoms with Gasteiger partial charge in [0.15, 0.2) is 0 Å². The van der Waals surface area contributed by atoms with Crippen LogP contribution in [0.1, 0.15) is 13.3 Å². The maximum Gasteiger partial charge on any atom is 0.228 e. The largest absolute Gasteiger partial charge is 0.490 e. The number of carbonyl (C=O) groups excluding carboxylic acids is 2. The van der Waals surface area contributed by atoms with Crippen molar-refractivity contribution in [1.82, 2.24) is 15.1 Å². The Balaban J connectivity index is 1.49. The highest BCUT2D eigenvalue weighted by molar-refractivity contribution is 6.32. The van der Waals surface area contributed by atoms with Crippen molar-refractivity contribution in [3.8, 4) is 5.75 Å². The van der Waals surface area contributed by atoms with Crippen LogP contribution in [0.25, 0.3) is 0 Å². The molecule has 2 amide bonds. The van der Waals surface area contributed by atoms with Crippen molar-refractivity contribution in [2.75, 3.05) is 39.3 Å². The molecule has 0 aliphatic carbocycles. The van der Waals surface area contributed by atoms with Crippen LogP contribution >= 0.6 is 11.6 Å². The SMILES string of the molecule is C[C@@H]1CN(C(=O)C2CC(=O)N(CCOc3ccccc3Cl)C2)CCN1. The quantitative estimate of drug-likeness (QED) is 0.856. The molecule has 2 aliphatic heterocycles. The molecule has 0 aromatic heterocycles. The van der Waals surface area contributed by atoms with Crippen molar-refractivity contribution in [1.29, 1.82) is 0 Å². The summed E-state index contributed by atoms with van der Waals surface area (Å²) in [6.45, 7) is 5.60. The molecule has 25 heavy (non-hydrogen) atoms. The van der Waals surface area contributed by atoms with Gasteiger partial charge < -0.3 is 19.9 Å². The molecule has 7 heteroatoms. The number of halogens is 1. The van der Waals surface area contributed by atoms with E-state index in [0.717, 1.165) is 6.54 Å². The van der Waals surface area contributed by atoms with Gasteiger partial charge in [-0.25, -0.2) is 0 Å². The summed E-state index contributed by atoms with van der Waals surface area (Å²) in [7, 11) is 0. The Kier molecular flexibility index (Phi) is 5.81. The molecule has 2 fully saturated rings. The van der Waals surface area contributed by atoms with Crippen molar-refractivity contribution in [3.63, 3.8) is 0 Å². The van der Waals surface area contributed by atoms with E-state index in [2.05, 4.69) is 12.2 Å². The van der Waals surface area contributed by atoms with Crippen LogP contribution in [-0.4, -0.2) is 67.0 Å². The molecule has 0 radical (unpaired) electrons. The Morgan fingerprint density at radius 2 is 2.16 bits per heavy atom. The number of piperazine rings is 1. The minimum atomic E-state index is -0.238. The first kappa shape index (κ1) is 18.0. The van der Waals surface area contributed by atoms with Crippen LogP contribution in [0.2, 0.25) is 5.02 Å². The highest BCUT2D eigenvalue weighted by atomic mass is 35.5. The predicted molar refractivity (Wildman–Crippen MR) is 95.7 cm³/mol. The minimum Gasteiger partial charge on any atom is -0.490 e. The molecule has 2 atom stereocenters. The summed E-state index contributed by atoms with van der Waals surface area (Å²) in [6, 6.07) is 7.56. The smallest absolute Gasteiger partial charge is 0.228 e. The molecule has 3 rings (SSSR count). The standard InChI is InChI=1S/C18H24ClN3O3/c1-13-11-22(7-6-20-13)18(24)14-10-17(23)21(12-14)8-9-25-16-5-3-2-4-15(16)19/h2-5,13-14,20H,6-12H2,1H3/t13-,14?/m1/s1. The van der Waals surface area contributed by atoms with Crippen molar-refractivity contribution >= 4 is 23.4 Å². The first-order chi connectivity index (χ1) is 12.0. The molecule has 2 saturated heterocycles. The third-order valence-electron chi connectivity index (χ3n) is 4.70. The Bertz CT molecular complexity index is 640. The Hall–Kier alpha value is -1.79. The molecule has 1 unspecified atom stereocenters. The van der Waals surface area contributed by atoms with Gasteiger partial charge in [-0.15, -0.1) is 0 Å². The molecule has 0 bridgehead atoms. The summed E-state index contributed by atoms with van der Waals surface area (Å²) in [4.78, 5) is 28.4. The Labute approximate surface area is 153 Å². The zero-order chi connectivity index (χ0) is 17.8. The van der Waals surface area contributed by atoms with E-state index in [9.17, 15) is 9.59 Å². The van der Waals surface area contributed by atoms with Gasteiger partial charge in [-0.05, 0) is 19.1 Å². The van der Waals surface area contributed by atoms with Crippen molar-refractivity contribution in [2.45, 2.75) is 19.4 Å². The van der Waals surface area contributed by atoms with Crippen LogP contribution in [0.5, 0.6) is 5.75 Å². The van der Waals surface area contributed by atoms with Crippen LogP contribution in [0, 0.1) is 5.92 Å². The Morgan fingerprint density at radius 1 is 1.36 bits per heavy atom. The van der Waals surface area contributed by atoms with Crippen molar-refractivity contribution in [2.24, 2.45) is 5.92 Å². The summed E-state index contributed by atoms with van der Waals surface area (Å²) >= 11 is 6.05. The lowest BCUT2D eigenvalue weighted by atomic mass is 10.1. The number of nitrogens with zero attached hydrogens (tertiary/aromatic N) is 2. The highest BCUT2D eigenvalue weighted by Gasteiger charge is 2.37. The van der Waals surface area contributed by atoms with E-state index in [-0.39, 0.29) is 17.7 Å². The number of rotatable bonds is 5. The van der Waals surface area contributed by atoms with Crippen LogP contribution in [0.15, 0.2) is 24.3 Å². The summed E-state index contributed by atoms with van der Waals surface area (Å²) in [5.74, 6) is 0.483. The van der Waals surface area contributed by atoms with Crippen molar-refractivity contribution < 1.29 is 14.3 Å². The number of hydrogen-bond donors (Lipinski definition) is 1. The van der Waals surface area contributed by atoms with E-state index < -0.39 is 0 Å². The number of hydrogen-bond acceptors (Lipinski definition) is 4. The van der Waals surface area contributed by atoms with Crippen molar-refractivity contribution in [3.05, 3.63) is 29.3 Å². The van der Waals surface area contributed by atoms with Gasteiger partial charge in [-0.2, -0.15) is 0 Å². The van der Waals surface area contributed by atoms with Crippen LogP contribution in [0.3, 0.4) is 0 Å².